The van der Waals surface area contributed by atoms with E-state index in [0.29, 0.717) is 36.5 Å². The van der Waals surface area contributed by atoms with Crippen LogP contribution in [0.15, 0.2) is 54.6 Å². The fraction of sp³-hybridized carbons (Fsp3) is 0.286. The number of ether oxygens (including phenoxy) is 1. The van der Waals surface area contributed by atoms with Gasteiger partial charge in [-0.1, -0.05) is 24.3 Å². The average Bonchev–Trinajstić information content (AvgIpc) is 2.73. The zero-order valence-corrected chi connectivity index (χ0v) is 15.8. The minimum absolute atomic E-state index is 0.168. The van der Waals surface area contributed by atoms with Crippen LogP contribution in [0.1, 0.15) is 12.8 Å². The minimum atomic E-state index is -0.883. The molecule has 1 aliphatic heterocycles. The topological polar surface area (TPSA) is 108 Å². The number of anilines is 2. The van der Waals surface area contributed by atoms with Crippen LogP contribution < -0.4 is 15.4 Å². The summed E-state index contributed by atoms with van der Waals surface area (Å²) in [5.74, 6) is -1.27. The Labute approximate surface area is 168 Å². The van der Waals surface area contributed by atoms with Crippen molar-refractivity contribution in [1.29, 1.82) is 0 Å². The van der Waals surface area contributed by atoms with Gasteiger partial charge in [0.2, 0.25) is 0 Å². The van der Waals surface area contributed by atoms with E-state index in [2.05, 4.69) is 10.6 Å². The van der Waals surface area contributed by atoms with Gasteiger partial charge in [-0.05, 0) is 37.1 Å². The molecule has 0 aliphatic carbocycles. The standard InChI is InChI=1S/C21H23N3O5/c25-19(22-16-7-2-1-3-8-16)14-29-18-10-4-9-17(12-18)23-21(28)24-11-5-6-15(13-24)20(26)27/h1-4,7-10,12,15H,5-6,11,13-14H2,(H,22,25)(H,23,28)(H,26,27). The number of rotatable bonds is 6. The van der Waals surface area contributed by atoms with Gasteiger partial charge in [0.05, 0.1) is 5.92 Å². The summed E-state index contributed by atoms with van der Waals surface area (Å²) >= 11 is 0. The van der Waals surface area contributed by atoms with Gasteiger partial charge in [-0.15, -0.1) is 0 Å². The Kier molecular flexibility index (Phi) is 6.67. The number of carbonyl (C=O) groups excluding carboxylic acids is 2. The van der Waals surface area contributed by atoms with Crippen LogP contribution in [0.25, 0.3) is 0 Å². The van der Waals surface area contributed by atoms with Crippen molar-refractivity contribution in [3.63, 3.8) is 0 Å². The number of nitrogens with zero attached hydrogens (tertiary/aromatic N) is 1. The smallest absolute Gasteiger partial charge is 0.321 e. The quantitative estimate of drug-likeness (QED) is 0.694. The van der Waals surface area contributed by atoms with Gasteiger partial charge >= 0.3 is 12.0 Å². The highest BCUT2D eigenvalue weighted by Crippen LogP contribution is 2.20. The monoisotopic (exact) mass is 397 g/mol. The van der Waals surface area contributed by atoms with Crippen LogP contribution in [-0.2, 0) is 9.59 Å². The maximum absolute atomic E-state index is 12.4. The molecule has 152 valence electrons. The molecule has 3 amide bonds. The second-order valence-corrected chi connectivity index (χ2v) is 6.78. The van der Waals surface area contributed by atoms with E-state index < -0.39 is 11.9 Å². The van der Waals surface area contributed by atoms with Crippen LogP contribution >= 0.6 is 0 Å². The molecule has 29 heavy (non-hydrogen) atoms. The number of hydrogen-bond donors (Lipinski definition) is 3. The lowest BCUT2D eigenvalue weighted by Gasteiger charge is -2.30. The molecular formula is C21H23N3O5. The first-order valence-corrected chi connectivity index (χ1v) is 9.38. The third-order valence-corrected chi connectivity index (χ3v) is 4.57. The van der Waals surface area contributed by atoms with E-state index in [-0.39, 0.29) is 25.1 Å². The first kappa shape index (κ1) is 20.2. The van der Waals surface area contributed by atoms with Crippen LogP contribution in [-0.4, -0.2) is 47.6 Å². The van der Waals surface area contributed by atoms with Gasteiger partial charge in [-0.3, -0.25) is 9.59 Å². The Morgan fingerprint density at radius 2 is 1.79 bits per heavy atom. The Morgan fingerprint density at radius 1 is 1.03 bits per heavy atom. The lowest BCUT2D eigenvalue weighted by atomic mass is 9.99. The molecule has 0 radical (unpaired) electrons. The lowest BCUT2D eigenvalue weighted by Crippen LogP contribution is -2.44. The number of benzene rings is 2. The molecule has 3 rings (SSSR count). The summed E-state index contributed by atoms with van der Waals surface area (Å²) in [6, 6.07) is 15.4. The number of hydrogen-bond acceptors (Lipinski definition) is 4. The fourth-order valence-corrected chi connectivity index (χ4v) is 3.10. The van der Waals surface area contributed by atoms with Gasteiger partial charge in [0.1, 0.15) is 5.75 Å². The summed E-state index contributed by atoms with van der Waals surface area (Å²) in [7, 11) is 0. The molecule has 2 aromatic rings. The zero-order chi connectivity index (χ0) is 20.6. The third-order valence-electron chi connectivity index (χ3n) is 4.57. The summed E-state index contributed by atoms with van der Waals surface area (Å²) in [6.45, 7) is 0.543. The van der Waals surface area contributed by atoms with Gasteiger partial charge < -0.3 is 25.4 Å². The number of carbonyl (C=O) groups is 3. The number of carboxylic acids is 1. The van der Waals surface area contributed by atoms with Crippen molar-refractivity contribution in [2.75, 3.05) is 30.3 Å². The summed E-state index contributed by atoms with van der Waals surface area (Å²) in [5.41, 5.74) is 1.19. The molecule has 8 nitrogen and oxygen atoms in total. The molecule has 0 saturated carbocycles. The third kappa shape index (κ3) is 5.97. The molecule has 3 N–H and O–H groups in total. The van der Waals surface area contributed by atoms with E-state index in [0.717, 1.165) is 0 Å². The highest BCUT2D eigenvalue weighted by molar-refractivity contribution is 5.92. The average molecular weight is 397 g/mol. The number of aliphatic carboxylic acids is 1. The lowest BCUT2D eigenvalue weighted by molar-refractivity contribution is -0.143. The summed E-state index contributed by atoms with van der Waals surface area (Å²) in [6.07, 6.45) is 1.23. The predicted molar refractivity (Wildman–Crippen MR) is 108 cm³/mol. The molecule has 0 aromatic heterocycles. The number of amides is 3. The van der Waals surface area contributed by atoms with Gasteiger partial charge in [0.25, 0.3) is 5.91 Å². The van der Waals surface area contributed by atoms with E-state index in [4.69, 9.17) is 9.84 Å². The van der Waals surface area contributed by atoms with E-state index in [9.17, 15) is 14.4 Å². The van der Waals surface area contributed by atoms with Crippen LogP contribution in [0.3, 0.4) is 0 Å². The number of piperidine rings is 1. The summed E-state index contributed by atoms with van der Waals surface area (Å²) in [5, 5.41) is 14.6. The summed E-state index contributed by atoms with van der Waals surface area (Å²) in [4.78, 5) is 37.1. The second-order valence-electron chi connectivity index (χ2n) is 6.78. The van der Waals surface area contributed by atoms with Crippen molar-refractivity contribution in [3.8, 4) is 5.75 Å². The maximum Gasteiger partial charge on any atom is 0.321 e. The molecule has 1 unspecified atom stereocenters. The molecular weight excluding hydrogens is 374 g/mol. The minimum Gasteiger partial charge on any atom is -0.484 e. The number of likely N-dealkylation sites (tertiary alicyclic amines) is 1. The van der Waals surface area contributed by atoms with Crippen molar-refractivity contribution < 1.29 is 24.2 Å². The second kappa shape index (κ2) is 9.59. The largest absolute Gasteiger partial charge is 0.484 e. The number of urea groups is 1. The fourth-order valence-electron chi connectivity index (χ4n) is 3.10. The number of nitrogens with one attached hydrogen (secondary N) is 2. The molecule has 0 spiro atoms. The van der Waals surface area contributed by atoms with E-state index in [1.165, 1.54) is 4.90 Å². The molecule has 1 aliphatic rings. The van der Waals surface area contributed by atoms with Crippen LogP contribution in [0.4, 0.5) is 16.2 Å². The number of carboxylic acid groups (broad SMARTS) is 1. The van der Waals surface area contributed by atoms with Crippen molar-refractivity contribution in [2.45, 2.75) is 12.8 Å². The van der Waals surface area contributed by atoms with E-state index in [1.807, 2.05) is 18.2 Å². The summed E-state index contributed by atoms with van der Waals surface area (Å²) < 4.78 is 5.50. The SMILES string of the molecule is O=C(COc1cccc(NC(=O)N2CCCC(C(=O)O)C2)c1)Nc1ccccc1. The molecule has 1 heterocycles. The molecule has 8 heteroatoms. The van der Waals surface area contributed by atoms with E-state index >= 15 is 0 Å². The first-order chi connectivity index (χ1) is 14.0. The van der Waals surface area contributed by atoms with Crippen LogP contribution in [0.5, 0.6) is 5.75 Å². The van der Waals surface area contributed by atoms with Gasteiger partial charge in [-0.25, -0.2) is 4.79 Å². The van der Waals surface area contributed by atoms with Gasteiger partial charge in [0, 0.05) is 30.5 Å². The van der Waals surface area contributed by atoms with Crippen molar-refractivity contribution >= 4 is 29.3 Å². The highest BCUT2D eigenvalue weighted by Gasteiger charge is 2.28. The zero-order valence-electron chi connectivity index (χ0n) is 15.8. The van der Waals surface area contributed by atoms with Crippen LogP contribution in [0, 0.1) is 5.92 Å². The number of para-hydroxylation sites is 1. The molecule has 1 saturated heterocycles. The molecule has 1 atom stereocenters. The Bertz CT molecular complexity index is 872. The Hall–Kier alpha value is -3.55. The molecule has 2 aromatic carbocycles. The molecule has 1 fully saturated rings. The van der Waals surface area contributed by atoms with Gasteiger partial charge in [-0.2, -0.15) is 0 Å². The van der Waals surface area contributed by atoms with Crippen LogP contribution in [0.2, 0.25) is 0 Å². The van der Waals surface area contributed by atoms with Crippen molar-refractivity contribution in [3.05, 3.63) is 54.6 Å². The Morgan fingerprint density at radius 3 is 2.55 bits per heavy atom. The predicted octanol–water partition coefficient (Wildman–Crippen LogP) is 3.03. The Balaban J connectivity index is 1.52. The van der Waals surface area contributed by atoms with Crippen molar-refractivity contribution in [1.82, 2.24) is 4.90 Å². The maximum atomic E-state index is 12.4. The van der Waals surface area contributed by atoms with Crippen molar-refractivity contribution in [2.24, 2.45) is 5.92 Å². The molecule has 0 bridgehead atoms. The normalized spacial score (nSPS) is 16.0. The first-order valence-electron chi connectivity index (χ1n) is 9.38. The van der Waals surface area contributed by atoms with Gasteiger partial charge in [0.15, 0.2) is 6.61 Å². The highest BCUT2D eigenvalue weighted by atomic mass is 16.5. The van der Waals surface area contributed by atoms with E-state index in [1.54, 1.807) is 36.4 Å².